The summed E-state index contributed by atoms with van der Waals surface area (Å²) in [6.07, 6.45) is 32.5. The molecule has 1 nitrogen and oxygen atoms in total. The molecule has 6 rings (SSSR count). The highest BCUT2D eigenvalue weighted by Crippen LogP contribution is 2.60. The third-order valence-electron chi connectivity index (χ3n) is 14.8. The molecule has 276 valence electrons. The lowest BCUT2D eigenvalue weighted by Crippen LogP contribution is -2.51. The molecule has 0 radical (unpaired) electrons. The van der Waals surface area contributed by atoms with Crippen LogP contribution in [0.15, 0.2) is 48.1 Å². The van der Waals surface area contributed by atoms with Crippen LogP contribution in [-0.2, 0) is 4.74 Å². The smallest absolute Gasteiger partial charge is 0.155 e. The van der Waals surface area contributed by atoms with Crippen LogP contribution >= 0.6 is 0 Å². The molecule has 6 aliphatic carbocycles. The highest BCUT2D eigenvalue weighted by molar-refractivity contribution is 5.33. The number of hydrogen-bond donors (Lipinski definition) is 0. The molecule has 49 heavy (non-hydrogen) atoms. The maximum Gasteiger partial charge on any atom is 0.155 e. The Hall–Kier alpha value is -1.36. The number of halogens is 4. The predicted octanol–water partition coefficient (Wildman–Crippen LogP) is 13.6. The van der Waals surface area contributed by atoms with Crippen LogP contribution in [0, 0.1) is 46.3 Å². The van der Waals surface area contributed by atoms with E-state index in [2.05, 4.69) is 13.8 Å². The van der Waals surface area contributed by atoms with Crippen LogP contribution in [0.5, 0.6) is 0 Å². The lowest BCUT2D eigenvalue weighted by atomic mass is 9.53. The maximum atomic E-state index is 17.1. The van der Waals surface area contributed by atoms with Gasteiger partial charge in [-0.15, -0.1) is 0 Å². The largest absolute Gasteiger partial charge is 0.379 e. The highest BCUT2D eigenvalue weighted by Gasteiger charge is 2.57. The van der Waals surface area contributed by atoms with Gasteiger partial charge in [0.25, 0.3) is 0 Å². The molecule has 0 bridgehead atoms. The van der Waals surface area contributed by atoms with Crippen molar-refractivity contribution in [3.63, 3.8) is 0 Å². The monoisotopic (exact) mass is 687 g/mol. The van der Waals surface area contributed by atoms with Crippen LogP contribution < -0.4 is 0 Å². The Bertz CT molecular complexity index is 1100. The number of hydrogen-bond acceptors (Lipinski definition) is 1. The third-order valence-corrected chi connectivity index (χ3v) is 14.8. The van der Waals surface area contributed by atoms with Gasteiger partial charge >= 0.3 is 0 Å². The Labute approximate surface area is 295 Å². The molecule has 0 unspecified atom stereocenters. The SMILES string of the molecule is CCCC1CCC(C2([C@@]3(F)C=C[C@@H](COC[C@@H]4C=C[C@](F)(C5(C6CCC(CCC)CC6)CCCCC5)C=C4F)C(F)=C3)CCCCC2)CC1. The average Bonchev–Trinajstić information content (AvgIpc) is 3.11. The topological polar surface area (TPSA) is 9.23 Å². The minimum absolute atomic E-state index is 0.0212. The molecule has 0 N–H and O–H groups in total. The van der Waals surface area contributed by atoms with Gasteiger partial charge in [0.05, 0.1) is 25.0 Å². The van der Waals surface area contributed by atoms with Gasteiger partial charge in [-0.05, 0) is 99.3 Å². The van der Waals surface area contributed by atoms with Crippen molar-refractivity contribution in [3.05, 3.63) is 48.1 Å². The predicted molar refractivity (Wildman–Crippen MR) is 194 cm³/mol. The van der Waals surface area contributed by atoms with Crippen molar-refractivity contribution in [1.82, 2.24) is 0 Å². The second-order valence-electron chi connectivity index (χ2n) is 17.5. The van der Waals surface area contributed by atoms with Crippen LogP contribution in [0.25, 0.3) is 0 Å². The first-order chi connectivity index (χ1) is 23.7. The molecule has 0 heterocycles. The van der Waals surface area contributed by atoms with Crippen molar-refractivity contribution < 1.29 is 22.3 Å². The van der Waals surface area contributed by atoms with Crippen LogP contribution in [0.1, 0.15) is 155 Å². The van der Waals surface area contributed by atoms with Gasteiger partial charge in [0.1, 0.15) is 11.7 Å². The van der Waals surface area contributed by atoms with Gasteiger partial charge in [0, 0.05) is 10.8 Å². The van der Waals surface area contributed by atoms with E-state index in [1.807, 2.05) is 0 Å². The molecule has 6 aliphatic rings. The third kappa shape index (κ3) is 7.59. The molecule has 0 saturated heterocycles. The van der Waals surface area contributed by atoms with Crippen molar-refractivity contribution in [2.45, 2.75) is 166 Å². The van der Waals surface area contributed by atoms with E-state index in [-0.39, 0.29) is 25.0 Å². The van der Waals surface area contributed by atoms with Gasteiger partial charge in [-0.3, -0.25) is 0 Å². The Morgan fingerprint density at radius 2 is 0.939 bits per heavy atom. The number of allylic oxidation sites excluding steroid dienone is 4. The molecular weight excluding hydrogens is 620 g/mol. The van der Waals surface area contributed by atoms with E-state index in [0.717, 1.165) is 127 Å². The van der Waals surface area contributed by atoms with Crippen LogP contribution in [0.4, 0.5) is 17.6 Å². The first kappa shape index (κ1) is 37.4. The molecule has 0 spiro atoms. The Balaban J connectivity index is 1.07. The lowest BCUT2D eigenvalue weighted by molar-refractivity contribution is -0.0445. The maximum absolute atomic E-state index is 17.1. The van der Waals surface area contributed by atoms with Crippen LogP contribution in [0.3, 0.4) is 0 Å². The van der Waals surface area contributed by atoms with Crippen molar-refractivity contribution in [2.75, 3.05) is 13.2 Å². The fourth-order valence-corrected chi connectivity index (χ4v) is 12.0. The molecule has 0 aromatic heterocycles. The first-order valence-electron chi connectivity index (χ1n) is 20.8. The Morgan fingerprint density at radius 3 is 1.27 bits per heavy atom. The summed E-state index contributed by atoms with van der Waals surface area (Å²) in [5, 5.41) is 0. The number of rotatable bonds is 12. The second kappa shape index (κ2) is 16.1. The molecule has 5 heteroatoms. The van der Waals surface area contributed by atoms with E-state index in [9.17, 15) is 0 Å². The summed E-state index contributed by atoms with van der Waals surface area (Å²) >= 11 is 0. The van der Waals surface area contributed by atoms with Gasteiger partial charge in [0.15, 0.2) is 11.3 Å². The summed E-state index contributed by atoms with van der Waals surface area (Å²) < 4.78 is 71.7. The standard InChI is InChI=1S/C44H66F4O/c1-3-11-33-13-17-37(18-14-33)41(23-7-5-8-24-41)43(47)27-21-35(39(45)29-43)31-49-32-36-22-28-44(48,30-40(36)46)42(25-9-6-10-26-42)38-19-15-34(12-4-2)16-20-38/h21-22,27-30,33-38H,3-20,23-26,31-32H2,1-2H3/t33?,34?,35-,36-,37?,38?,43+,44+/m0/s1. The summed E-state index contributed by atoms with van der Waals surface area (Å²) in [4.78, 5) is 0. The van der Waals surface area contributed by atoms with Crippen molar-refractivity contribution in [2.24, 2.45) is 46.3 Å². The summed E-state index contributed by atoms with van der Waals surface area (Å²) in [5.74, 6) is -0.246. The average molecular weight is 687 g/mol. The van der Waals surface area contributed by atoms with Gasteiger partial charge in [-0.1, -0.05) is 116 Å². The van der Waals surface area contributed by atoms with E-state index in [0.29, 0.717) is 0 Å². The normalized spacial score (nSPS) is 39.3. The van der Waals surface area contributed by atoms with Crippen LogP contribution in [0.2, 0.25) is 0 Å². The minimum atomic E-state index is -1.79. The van der Waals surface area contributed by atoms with E-state index < -0.39 is 45.7 Å². The van der Waals surface area contributed by atoms with E-state index in [1.165, 1.54) is 37.8 Å². The van der Waals surface area contributed by atoms with Gasteiger partial charge < -0.3 is 4.74 Å². The lowest BCUT2D eigenvalue weighted by Gasteiger charge is -2.53. The Kier molecular flexibility index (Phi) is 12.3. The molecule has 0 aliphatic heterocycles. The zero-order valence-electron chi connectivity index (χ0n) is 30.8. The molecule has 0 aromatic rings. The molecule has 0 aromatic carbocycles. The zero-order chi connectivity index (χ0) is 34.5. The fourth-order valence-electron chi connectivity index (χ4n) is 12.0. The second-order valence-corrected chi connectivity index (χ2v) is 17.5. The van der Waals surface area contributed by atoms with Gasteiger partial charge in [-0.2, -0.15) is 0 Å². The van der Waals surface area contributed by atoms with E-state index >= 15 is 17.6 Å². The van der Waals surface area contributed by atoms with E-state index in [4.69, 9.17) is 4.74 Å². The van der Waals surface area contributed by atoms with Gasteiger partial charge in [0.2, 0.25) is 0 Å². The highest BCUT2D eigenvalue weighted by atomic mass is 19.2. The Morgan fingerprint density at radius 1 is 0.571 bits per heavy atom. The molecule has 0 amide bonds. The zero-order valence-corrected chi connectivity index (χ0v) is 30.8. The fraction of sp³-hybridized carbons (Fsp3) is 0.818. The first-order valence-corrected chi connectivity index (χ1v) is 20.8. The van der Waals surface area contributed by atoms with Crippen LogP contribution in [-0.4, -0.2) is 24.6 Å². The summed E-state index contributed by atoms with van der Waals surface area (Å²) in [7, 11) is 0. The molecule has 4 saturated carbocycles. The molecule has 4 fully saturated rings. The van der Waals surface area contributed by atoms with Crippen molar-refractivity contribution in [1.29, 1.82) is 0 Å². The summed E-state index contributed by atoms with van der Waals surface area (Å²) in [6, 6.07) is 0. The molecular formula is C44H66F4O. The van der Waals surface area contributed by atoms with Gasteiger partial charge in [-0.25, -0.2) is 17.6 Å². The minimum Gasteiger partial charge on any atom is -0.379 e. The summed E-state index contributed by atoms with van der Waals surface area (Å²) in [5.41, 5.74) is -4.64. The number of alkyl halides is 2. The number of ether oxygens (including phenoxy) is 1. The van der Waals surface area contributed by atoms with Crippen molar-refractivity contribution >= 4 is 0 Å². The quantitative estimate of drug-likeness (QED) is 0.147. The molecule has 4 atom stereocenters. The van der Waals surface area contributed by atoms with Crippen molar-refractivity contribution in [3.8, 4) is 0 Å². The van der Waals surface area contributed by atoms with E-state index in [1.54, 1.807) is 24.3 Å². The summed E-state index contributed by atoms with van der Waals surface area (Å²) in [6.45, 7) is 4.53.